The van der Waals surface area contributed by atoms with Crippen LogP contribution in [0.5, 0.6) is 0 Å². The van der Waals surface area contributed by atoms with Crippen molar-refractivity contribution < 1.29 is 24.3 Å². The van der Waals surface area contributed by atoms with Gasteiger partial charge in [-0.2, -0.15) is 0 Å². The van der Waals surface area contributed by atoms with Crippen LogP contribution < -0.4 is 20.9 Å². The number of aliphatic carboxylic acids is 1. The van der Waals surface area contributed by atoms with Crippen molar-refractivity contribution in [2.24, 2.45) is 0 Å². The highest BCUT2D eigenvalue weighted by atomic mass is 16.4. The van der Waals surface area contributed by atoms with E-state index < -0.39 is 12.0 Å². The van der Waals surface area contributed by atoms with E-state index >= 15 is 0 Å². The standard InChI is InChI=1S/C23H28N4O5.C2H6/c1-15-6-4-5-7-19(15)26-23(32)25-17-8-10-18(11-9-17)27(3)21(29)13-12-20(28)24-16(2)14-22(30)31;1-2/h4-11,16H,12-14H2,1-3H3,(H,24,28)(H,30,31)(H2,25,26,32);1-2H3/t16-;/m1./s1. The number of hydrogen-bond acceptors (Lipinski definition) is 4. The van der Waals surface area contributed by atoms with Crippen LogP contribution in [0.4, 0.5) is 21.9 Å². The lowest BCUT2D eigenvalue weighted by Gasteiger charge is -2.18. The maximum Gasteiger partial charge on any atom is 0.323 e. The summed E-state index contributed by atoms with van der Waals surface area (Å²) in [5.74, 6) is -1.64. The Bertz CT molecular complexity index is 976. The summed E-state index contributed by atoms with van der Waals surface area (Å²) < 4.78 is 0. The van der Waals surface area contributed by atoms with Gasteiger partial charge in [0.05, 0.1) is 6.42 Å². The highest BCUT2D eigenvalue weighted by molar-refractivity contribution is 6.00. The van der Waals surface area contributed by atoms with Crippen LogP contribution >= 0.6 is 0 Å². The lowest BCUT2D eigenvalue weighted by Crippen LogP contribution is -2.35. The molecule has 0 unspecified atom stereocenters. The van der Waals surface area contributed by atoms with Gasteiger partial charge in [-0.15, -0.1) is 0 Å². The first-order valence-electron chi connectivity index (χ1n) is 11.2. The summed E-state index contributed by atoms with van der Waals surface area (Å²) in [7, 11) is 1.60. The maximum absolute atomic E-state index is 12.4. The molecule has 0 fully saturated rings. The van der Waals surface area contributed by atoms with Gasteiger partial charge in [0.1, 0.15) is 0 Å². The zero-order chi connectivity index (χ0) is 25.7. The molecule has 2 aromatic rings. The van der Waals surface area contributed by atoms with Crippen LogP contribution in [0.25, 0.3) is 0 Å². The fourth-order valence-electron chi connectivity index (χ4n) is 2.96. The predicted octanol–water partition coefficient (Wildman–Crippen LogP) is 4.39. The number of aryl methyl sites for hydroxylation is 1. The first kappa shape index (κ1) is 28.2. The molecular weight excluding hydrogens is 436 g/mol. The number of carboxylic acid groups (broad SMARTS) is 1. The molecule has 1 atom stereocenters. The Labute approximate surface area is 200 Å². The third kappa shape index (κ3) is 9.72. The Kier molecular flexibility index (Phi) is 11.8. The third-order valence-corrected chi connectivity index (χ3v) is 4.73. The molecule has 0 saturated carbocycles. The first-order valence-corrected chi connectivity index (χ1v) is 11.2. The summed E-state index contributed by atoms with van der Waals surface area (Å²) in [5, 5.41) is 16.8. The van der Waals surface area contributed by atoms with E-state index in [1.54, 1.807) is 38.2 Å². The van der Waals surface area contributed by atoms with Crippen molar-refractivity contribution >= 4 is 40.9 Å². The molecule has 0 heterocycles. The molecule has 4 N–H and O–H groups in total. The van der Waals surface area contributed by atoms with E-state index in [-0.39, 0.29) is 37.1 Å². The van der Waals surface area contributed by atoms with E-state index in [9.17, 15) is 19.2 Å². The van der Waals surface area contributed by atoms with E-state index in [2.05, 4.69) is 16.0 Å². The molecule has 0 aliphatic heterocycles. The molecule has 34 heavy (non-hydrogen) atoms. The Balaban J connectivity index is 0.00000281. The number of carbonyl (C=O) groups excluding carboxylic acids is 3. The van der Waals surface area contributed by atoms with Crippen LogP contribution in [0.1, 0.15) is 45.6 Å². The monoisotopic (exact) mass is 470 g/mol. The van der Waals surface area contributed by atoms with Crippen LogP contribution in [0.2, 0.25) is 0 Å². The minimum atomic E-state index is -1.00. The molecule has 0 aromatic heterocycles. The quantitative estimate of drug-likeness (QED) is 0.432. The molecule has 9 heteroatoms. The predicted molar refractivity (Wildman–Crippen MR) is 134 cm³/mol. The van der Waals surface area contributed by atoms with Crippen LogP contribution in [-0.2, 0) is 14.4 Å². The lowest BCUT2D eigenvalue weighted by molar-refractivity contribution is -0.137. The number of urea groups is 1. The van der Waals surface area contributed by atoms with Gasteiger partial charge in [0, 0.05) is 43.0 Å². The Morgan fingerprint density at radius 3 is 2.15 bits per heavy atom. The van der Waals surface area contributed by atoms with E-state index in [0.717, 1.165) is 5.56 Å². The molecule has 0 spiro atoms. The van der Waals surface area contributed by atoms with Gasteiger partial charge in [-0.1, -0.05) is 32.0 Å². The number of rotatable bonds is 9. The number of carboxylic acids is 1. The highest BCUT2D eigenvalue weighted by Gasteiger charge is 2.15. The topological polar surface area (TPSA) is 128 Å². The normalized spacial score (nSPS) is 10.7. The van der Waals surface area contributed by atoms with Gasteiger partial charge < -0.3 is 26.0 Å². The van der Waals surface area contributed by atoms with Crippen molar-refractivity contribution in [1.82, 2.24) is 5.32 Å². The Morgan fingerprint density at radius 2 is 1.56 bits per heavy atom. The smallest absolute Gasteiger partial charge is 0.323 e. The number of hydrogen-bond donors (Lipinski definition) is 4. The van der Waals surface area contributed by atoms with Crippen LogP contribution in [0.3, 0.4) is 0 Å². The van der Waals surface area contributed by atoms with Crippen molar-refractivity contribution in [2.45, 2.75) is 53.0 Å². The van der Waals surface area contributed by atoms with Gasteiger partial charge >= 0.3 is 12.0 Å². The molecule has 4 amide bonds. The molecule has 9 nitrogen and oxygen atoms in total. The van der Waals surface area contributed by atoms with Gasteiger partial charge in [0.15, 0.2) is 0 Å². The van der Waals surface area contributed by atoms with Crippen molar-refractivity contribution in [3.63, 3.8) is 0 Å². The molecule has 0 radical (unpaired) electrons. The summed E-state index contributed by atoms with van der Waals surface area (Å²) in [6.07, 6.45) is -0.226. The number of benzene rings is 2. The largest absolute Gasteiger partial charge is 0.481 e. The summed E-state index contributed by atoms with van der Waals surface area (Å²) in [6.45, 7) is 7.49. The zero-order valence-electron chi connectivity index (χ0n) is 20.3. The van der Waals surface area contributed by atoms with E-state index in [4.69, 9.17) is 5.11 Å². The van der Waals surface area contributed by atoms with Crippen LogP contribution in [0.15, 0.2) is 48.5 Å². The Hall–Kier alpha value is -3.88. The lowest BCUT2D eigenvalue weighted by atomic mass is 10.2. The fourth-order valence-corrected chi connectivity index (χ4v) is 2.96. The molecule has 0 saturated heterocycles. The highest BCUT2D eigenvalue weighted by Crippen LogP contribution is 2.19. The van der Waals surface area contributed by atoms with Crippen molar-refractivity contribution in [3.05, 3.63) is 54.1 Å². The second-order valence-corrected chi connectivity index (χ2v) is 7.46. The fraction of sp³-hybridized carbons (Fsp3) is 0.360. The SMILES string of the molecule is CC.Cc1ccccc1NC(=O)Nc1ccc(N(C)C(=O)CCC(=O)N[C@H](C)CC(=O)O)cc1. The molecule has 0 aliphatic rings. The molecule has 2 rings (SSSR count). The van der Waals surface area contributed by atoms with Gasteiger partial charge in [-0.3, -0.25) is 14.4 Å². The number of nitrogens with zero attached hydrogens (tertiary/aromatic N) is 1. The number of carbonyl (C=O) groups is 4. The van der Waals surface area contributed by atoms with Gasteiger partial charge in [0.25, 0.3) is 0 Å². The van der Waals surface area contributed by atoms with Gasteiger partial charge in [-0.25, -0.2) is 4.79 Å². The van der Waals surface area contributed by atoms with Crippen molar-refractivity contribution in [3.8, 4) is 0 Å². The maximum atomic E-state index is 12.4. The molecule has 0 bridgehead atoms. The molecule has 184 valence electrons. The minimum absolute atomic E-state index is 0.0129. The number of para-hydroxylation sites is 1. The molecule has 2 aromatic carbocycles. The summed E-state index contributed by atoms with van der Waals surface area (Å²) in [4.78, 5) is 48.5. The zero-order valence-corrected chi connectivity index (χ0v) is 20.3. The van der Waals surface area contributed by atoms with Crippen LogP contribution in [-0.4, -0.2) is 42.0 Å². The second kappa shape index (κ2) is 14.3. The van der Waals surface area contributed by atoms with Gasteiger partial charge in [-0.05, 0) is 49.7 Å². The summed E-state index contributed by atoms with van der Waals surface area (Å²) in [6, 6.07) is 13.3. The van der Waals surface area contributed by atoms with Crippen molar-refractivity contribution in [1.29, 1.82) is 0 Å². The number of anilines is 3. The first-order chi connectivity index (χ1) is 16.2. The Morgan fingerprint density at radius 1 is 0.941 bits per heavy atom. The third-order valence-electron chi connectivity index (χ3n) is 4.73. The number of amides is 4. The van der Waals surface area contributed by atoms with Gasteiger partial charge in [0.2, 0.25) is 11.8 Å². The average Bonchev–Trinajstić information content (AvgIpc) is 2.79. The molecule has 0 aliphatic carbocycles. The van der Waals surface area contributed by atoms with Crippen LogP contribution in [0, 0.1) is 6.92 Å². The van der Waals surface area contributed by atoms with Crippen molar-refractivity contribution in [2.75, 3.05) is 22.6 Å². The van der Waals surface area contributed by atoms with E-state index in [0.29, 0.717) is 17.1 Å². The summed E-state index contributed by atoms with van der Waals surface area (Å²) >= 11 is 0. The number of nitrogens with one attached hydrogen (secondary N) is 3. The summed E-state index contributed by atoms with van der Waals surface area (Å²) in [5.41, 5.74) is 2.84. The van der Waals surface area contributed by atoms with E-state index in [1.165, 1.54) is 4.90 Å². The minimum Gasteiger partial charge on any atom is -0.481 e. The van der Waals surface area contributed by atoms with E-state index in [1.807, 2.05) is 45.0 Å². The molecular formula is C25H34N4O5. The second-order valence-electron chi connectivity index (χ2n) is 7.46. The average molecular weight is 471 g/mol.